The van der Waals surface area contributed by atoms with E-state index in [1.54, 1.807) is 13.3 Å². The van der Waals surface area contributed by atoms with Crippen LogP contribution in [0, 0.1) is 6.92 Å². The average Bonchev–Trinajstić information content (AvgIpc) is 3.01. The molecular formula is C19H16N4O2. The first-order valence-electron chi connectivity index (χ1n) is 7.84. The standard InChI is InChI=1S/C19H16N4O2/c1-12-3-5-13(6-4-12)10-21-23-11-20-17-15-9-14(25-2)7-8-16(15)22-18(17)19(23)24/h3-11,22H,1-2H3/b21-10+. The van der Waals surface area contributed by atoms with Gasteiger partial charge in [0.25, 0.3) is 5.56 Å². The van der Waals surface area contributed by atoms with Crippen LogP contribution in [0.15, 0.2) is 58.7 Å². The highest BCUT2D eigenvalue weighted by atomic mass is 16.5. The summed E-state index contributed by atoms with van der Waals surface area (Å²) in [5, 5.41) is 5.08. The van der Waals surface area contributed by atoms with Crippen molar-refractivity contribution in [1.29, 1.82) is 0 Å². The predicted octanol–water partition coefficient (Wildman–Crippen LogP) is 3.08. The van der Waals surface area contributed by atoms with Gasteiger partial charge < -0.3 is 9.72 Å². The molecule has 0 atom stereocenters. The topological polar surface area (TPSA) is 72.3 Å². The van der Waals surface area contributed by atoms with Crippen LogP contribution in [-0.2, 0) is 0 Å². The van der Waals surface area contributed by atoms with Crippen molar-refractivity contribution in [2.45, 2.75) is 6.92 Å². The fourth-order valence-electron chi connectivity index (χ4n) is 2.72. The Labute approximate surface area is 143 Å². The Bertz CT molecular complexity index is 1150. The number of aromatic nitrogens is 3. The van der Waals surface area contributed by atoms with Crippen molar-refractivity contribution in [2.75, 3.05) is 7.11 Å². The predicted molar refractivity (Wildman–Crippen MR) is 98.6 cm³/mol. The Balaban J connectivity index is 1.81. The van der Waals surface area contributed by atoms with Crippen LogP contribution >= 0.6 is 0 Å². The highest BCUT2D eigenvalue weighted by Gasteiger charge is 2.11. The number of methoxy groups -OCH3 is 1. The van der Waals surface area contributed by atoms with Gasteiger partial charge in [0.05, 0.1) is 13.3 Å². The van der Waals surface area contributed by atoms with Crippen molar-refractivity contribution in [3.63, 3.8) is 0 Å². The van der Waals surface area contributed by atoms with Crippen LogP contribution in [0.1, 0.15) is 11.1 Å². The van der Waals surface area contributed by atoms with E-state index in [0.29, 0.717) is 11.0 Å². The fraction of sp³-hybridized carbons (Fsp3) is 0.105. The monoisotopic (exact) mass is 332 g/mol. The Morgan fingerprint density at radius 3 is 2.76 bits per heavy atom. The van der Waals surface area contributed by atoms with Crippen molar-refractivity contribution in [3.05, 3.63) is 70.3 Å². The van der Waals surface area contributed by atoms with Gasteiger partial charge in [-0.25, -0.2) is 4.98 Å². The Morgan fingerprint density at radius 1 is 1.20 bits per heavy atom. The molecule has 0 amide bonds. The molecule has 4 rings (SSSR count). The van der Waals surface area contributed by atoms with Gasteiger partial charge in [-0.05, 0) is 30.7 Å². The number of benzene rings is 2. The van der Waals surface area contributed by atoms with Crippen molar-refractivity contribution < 1.29 is 4.74 Å². The van der Waals surface area contributed by atoms with Crippen molar-refractivity contribution in [1.82, 2.24) is 14.6 Å². The van der Waals surface area contributed by atoms with E-state index in [4.69, 9.17) is 4.74 Å². The van der Waals surface area contributed by atoms with E-state index >= 15 is 0 Å². The number of nitrogens with zero attached hydrogens (tertiary/aromatic N) is 3. The van der Waals surface area contributed by atoms with Gasteiger partial charge in [0.2, 0.25) is 0 Å². The minimum atomic E-state index is -0.247. The smallest absolute Gasteiger partial charge is 0.298 e. The summed E-state index contributed by atoms with van der Waals surface area (Å²) in [6, 6.07) is 13.5. The molecule has 4 aromatic rings. The number of aryl methyl sites for hydroxylation is 1. The van der Waals surface area contributed by atoms with Crippen LogP contribution in [-0.4, -0.2) is 28.0 Å². The van der Waals surface area contributed by atoms with Crippen LogP contribution in [0.25, 0.3) is 21.9 Å². The van der Waals surface area contributed by atoms with Gasteiger partial charge in [-0.15, -0.1) is 0 Å². The second-order valence-electron chi connectivity index (χ2n) is 5.81. The summed E-state index contributed by atoms with van der Waals surface area (Å²) in [7, 11) is 1.61. The van der Waals surface area contributed by atoms with Gasteiger partial charge in [0, 0.05) is 10.9 Å². The maximum absolute atomic E-state index is 12.7. The number of hydrogen-bond acceptors (Lipinski definition) is 4. The molecule has 2 aromatic carbocycles. The number of H-pyrrole nitrogens is 1. The molecule has 2 heterocycles. The van der Waals surface area contributed by atoms with Crippen molar-refractivity contribution in [2.24, 2.45) is 5.10 Å². The summed E-state index contributed by atoms with van der Waals surface area (Å²) >= 11 is 0. The molecule has 0 aliphatic rings. The second kappa shape index (κ2) is 5.90. The number of rotatable bonds is 3. The number of aromatic amines is 1. The quantitative estimate of drug-likeness (QED) is 0.586. The van der Waals surface area contributed by atoms with E-state index in [0.717, 1.165) is 22.2 Å². The summed E-state index contributed by atoms with van der Waals surface area (Å²) in [5.74, 6) is 0.719. The zero-order chi connectivity index (χ0) is 17.4. The average molecular weight is 332 g/mol. The molecule has 0 radical (unpaired) electrons. The summed E-state index contributed by atoms with van der Waals surface area (Å²) in [6.07, 6.45) is 3.07. The molecule has 0 spiro atoms. The lowest BCUT2D eigenvalue weighted by Crippen LogP contribution is -2.17. The van der Waals surface area contributed by atoms with Gasteiger partial charge in [-0.3, -0.25) is 4.79 Å². The lowest BCUT2D eigenvalue weighted by Gasteiger charge is -1.99. The molecule has 6 nitrogen and oxygen atoms in total. The first-order valence-corrected chi connectivity index (χ1v) is 7.84. The summed E-state index contributed by atoms with van der Waals surface area (Å²) in [6.45, 7) is 2.02. The molecule has 2 aromatic heterocycles. The molecule has 6 heteroatoms. The zero-order valence-electron chi connectivity index (χ0n) is 13.9. The molecular weight excluding hydrogens is 316 g/mol. The summed E-state index contributed by atoms with van der Waals surface area (Å²) in [5.41, 5.74) is 3.71. The van der Waals surface area contributed by atoms with Gasteiger partial charge in [-0.2, -0.15) is 9.78 Å². The number of ether oxygens (including phenoxy) is 1. The highest BCUT2D eigenvalue weighted by Crippen LogP contribution is 2.25. The van der Waals surface area contributed by atoms with Crippen LogP contribution in [0.5, 0.6) is 5.75 Å². The largest absolute Gasteiger partial charge is 0.497 e. The van der Waals surface area contributed by atoms with Crippen LogP contribution in [0.4, 0.5) is 0 Å². The molecule has 0 saturated carbocycles. The molecule has 0 fully saturated rings. The third kappa shape index (κ3) is 2.67. The third-order valence-corrected chi connectivity index (χ3v) is 4.11. The van der Waals surface area contributed by atoms with E-state index in [1.165, 1.54) is 16.6 Å². The normalized spacial score (nSPS) is 11.6. The van der Waals surface area contributed by atoms with Crippen LogP contribution in [0.2, 0.25) is 0 Å². The van der Waals surface area contributed by atoms with Crippen molar-refractivity contribution >= 4 is 28.2 Å². The van der Waals surface area contributed by atoms with E-state index in [9.17, 15) is 4.79 Å². The van der Waals surface area contributed by atoms with E-state index in [1.807, 2.05) is 49.4 Å². The highest BCUT2D eigenvalue weighted by molar-refractivity contribution is 6.04. The first kappa shape index (κ1) is 15.1. The fourth-order valence-corrected chi connectivity index (χ4v) is 2.72. The van der Waals surface area contributed by atoms with E-state index < -0.39 is 0 Å². The maximum atomic E-state index is 12.7. The Morgan fingerprint density at radius 2 is 2.00 bits per heavy atom. The Hall–Kier alpha value is -3.41. The summed E-state index contributed by atoms with van der Waals surface area (Å²) in [4.78, 5) is 20.2. The zero-order valence-corrected chi connectivity index (χ0v) is 13.9. The van der Waals surface area contributed by atoms with Gasteiger partial charge in [0.1, 0.15) is 23.1 Å². The number of nitrogens with one attached hydrogen (secondary N) is 1. The molecule has 0 saturated heterocycles. The first-order chi connectivity index (χ1) is 12.2. The number of hydrogen-bond donors (Lipinski definition) is 1. The van der Waals surface area contributed by atoms with Crippen molar-refractivity contribution in [3.8, 4) is 5.75 Å². The molecule has 0 bridgehead atoms. The summed E-state index contributed by atoms with van der Waals surface area (Å²) < 4.78 is 6.47. The SMILES string of the molecule is COc1ccc2[nH]c3c(=O)n(/N=C/c4ccc(C)cc4)cnc3c2c1. The van der Waals surface area contributed by atoms with Gasteiger partial charge >= 0.3 is 0 Å². The molecule has 1 N–H and O–H groups in total. The molecule has 25 heavy (non-hydrogen) atoms. The van der Waals surface area contributed by atoms with E-state index in [2.05, 4.69) is 15.1 Å². The third-order valence-electron chi connectivity index (χ3n) is 4.11. The second-order valence-corrected chi connectivity index (χ2v) is 5.81. The maximum Gasteiger partial charge on any atom is 0.298 e. The van der Waals surface area contributed by atoms with Gasteiger partial charge in [0.15, 0.2) is 0 Å². The minimum absolute atomic E-state index is 0.247. The molecule has 124 valence electrons. The molecule has 0 aliphatic carbocycles. The lowest BCUT2D eigenvalue weighted by molar-refractivity contribution is 0.415. The van der Waals surface area contributed by atoms with Crippen LogP contribution in [0.3, 0.4) is 0 Å². The Kier molecular flexibility index (Phi) is 3.57. The van der Waals surface area contributed by atoms with Gasteiger partial charge in [-0.1, -0.05) is 29.8 Å². The number of fused-ring (bicyclic) bond motifs is 3. The van der Waals surface area contributed by atoms with E-state index in [-0.39, 0.29) is 5.56 Å². The van der Waals surface area contributed by atoms with Crippen LogP contribution < -0.4 is 10.3 Å². The molecule has 0 aliphatic heterocycles. The lowest BCUT2D eigenvalue weighted by atomic mass is 10.2. The minimum Gasteiger partial charge on any atom is -0.497 e. The molecule has 0 unspecified atom stereocenters.